The van der Waals surface area contributed by atoms with Crippen LogP contribution in [0.1, 0.15) is 55.4 Å². The van der Waals surface area contributed by atoms with Crippen LogP contribution in [-0.2, 0) is 27.2 Å². The number of Topliss-reactive ketones (excluding diaryl/α,β-unsaturated/α-hetero) is 3. The molecule has 0 bridgehead atoms. The van der Waals surface area contributed by atoms with E-state index in [1.165, 1.54) is 0 Å². The maximum atomic E-state index is 13.5. The molecule has 1 fully saturated rings. The standard InChI is InChI=1S/C24H26O7/c1-4-5-12-6-10(2)15-8-13-7-14-9-16(26)17(11(3)25)22(29)24(14,31)23(30)18(13)21(28)19(15)20(12)27/h6,13-14,27-29,31H,4-5,7-9H2,1-3H3. The van der Waals surface area contributed by atoms with Gasteiger partial charge in [0, 0.05) is 17.9 Å². The highest BCUT2D eigenvalue weighted by Crippen LogP contribution is 2.52. The zero-order valence-corrected chi connectivity index (χ0v) is 17.8. The van der Waals surface area contributed by atoms with Gasteiger partial charge in [0.25, 0.3) is 0 Å². The molecular formula is C24H26O7. The van der Waals surface area contributed by atoms with Crippen LogP contribution in [0.5, 0.6) is 5.75 Å². The third kappa shape index (κ3) is 2.79. The molecule has 0 saturated heterocycles. The number of aliphatic hydroxyl groups excluding tert-OH is 2. The molecule has 3 unspecified atom stereocenters. The summed E-state index contributed by atoms with van der Waals surface area (Å²) in [5, 5.41) is 43.8. The fourth-order valence-corrected chi connectivity index (χ4v) is 5.51. The number of phenolic OH excluding ortho intramolecular Hbond substituents is 1. The van der Waals surface area contributed by atoms with Gasteiger partial charge in [-0.2, -0.15) is 0 Å². The third-order valence-corrected chi connectivity index (χ3v) is 6.99. The molecule has 4 rings (SSSR count). The molecule has 1 aromatic carbocycles. The number of benzene rings is 1. The van der Waals surface area contributed by atoms with Crippen LogP contribution in [0.15, 0.2) is 23.0 Å². The van der Waals surface area contributed by atoms with Crippen molar-refractivity contribution in [3.63, 3.8) is 0 Å². The molecule has 0 amide bonds. The maximum Gasteiger partial charge on any atom is 0.202 e. The Morgan fingerprint density at radius 3 is 2.48 bits per heavy atom. The van der Waals surface area contributed by atoms with Crippen LogP contribution in [0.4, 0.5) is 0 Å². The predicted molar refractivity (Wildman–Crippen MR) is 112 cm³/mol. The van der Waals surface area contributed by atoms with Gasteiger partial charge in [-0.1, -0.05) is 19.4 Å². The molecule has 0 radical (unpaired) electrons. The van der Waals surface area contributed by atoms with E-state index in [2.05, 4.69) is 0 Å². The smallest absolute Gasteiger partial charge is 0.202 e. The summed E-state index contributed by atoms with van der Waals surface area (Å²) in [6.07, 6.45) is 1.68. The lowest BCUT2D eigenvalue weighted by molar-refractivity contribution is -0.147. The molecule has 0 aromatic heterocycles. The van der Waals surface area contributed by atoms with Crippen LogP contribution >= 0.6 is 0 Å². The number of allylic oxidation sites excluding steroid dienone is 1. The lowest BCUT2D eigenvalue weighted by atomic mass is 9.59. The van der Waals surface area contributed by atoms with Crippen LogP contribution in [0.25, 0.3) is 5.76 Å². The molecule has 7 nitrogen and oxygen atoms in total. The molecule has 0 heterocycles. The van der Waals surface area contributed by atoms with E-state index in [4.69, 9.17) is 0 Å². The van der Waals surface area contributed by atoms with Crippen LogP contribution in [-0.4, -0.2) is 43.4 Å². The second-order valence-corrected chi connectivity index (χ2v) is 8.90. The quantitative estimate of drug-likeness (QED) is 0.546. The van der Waals surface area contributed by atoms with Gasteiger partial charge in [-0.3, -0.25) is 14.4 Å². The second-order valence-electron chi connectivity index (χ2n) is 8.90. The summed E-state index contributed by atoms with van der Waals surface area (Å²) < 4.78 is 0. The zero-order chi connectivity index (χ0) is 22.8. The second kappa shape index (κ2) is 7.05. The summed E-state index contributed by atoms with van der Waals surface area (Å²) in [7, 11) is 0. The van der Waals surface area contributed by atoms with Crippen molar-refractivity contribution >= 4 is 23.1 Å². The van der Waals surface area contributed by atoms with Crippen LogP contribution in [0.3, 0.4) is 0 Å². The molecule has 4 N–H and O–H groups in total. The zero-order valence-electron chi connectivity index (χ0n) is 17.8. The Balaban J connectivity index is 1.93. The van der Waals surface area contributed by atoms with Crippen molar-refractivity contribution in [1.82, 2.24) is 0 Å². The van der Waals surface area contributed by atoms with E-state index in [1.54, 1.807) is 0 Å². The number of aliphatic hydroxyl groups is 3. The van der Waals surface area contributed by atoms with E-state index in [0.717, 1.165) is 24.5 Å². The number of carbonyl (C=O) groups is 3. The molecule has 0 spiro atoms. The molecule has 3 aliphatic carbocycles. The fourth-order valence-electron chi connectivity index (χ4n) is 5.51. The van der Waals surface area contributed by atoms with Crippen LogP contribution in [0, 0.1) is 18.8 Å². The largest absolute Gasteiger partial charge is 0.508 e. The number of phenols is 1. The van der Waals surface area contributed by atoms with Gasteiger partial charge in [-0.15, -0.1) is 0 Å². The third-order valence-electron chi connectivity index (χ3n) is 6.99. The summed E-state index contributed by atoms with van der Waals surface area (Å²) in [5.41, 5.74) is -0.618. The minimum absolute atomic E-state index is 0.0709. The van der Waals surface area contributed by atoms with Gasteiger partial charge in [-0.25, -0.2) is 0 Å². The number of fused-ring (bicyclic) bond motifs is 3. The SMILES string of the molecule is CCCc1cc(C)c2c(c1O)C(O)=C1C(=O)C3(O)C(O)=C(C(C)=O)C(=O)CC3CC1C2. The summed E-state index contributed by atoms with van der Waals surface area (Å²) in [4.78, 5) is 37.8. The minimum Gasteiger partial charge on any atom is -0.508 e. The van der Waals surface area contributed by atoms with Crippen molar-refractivity contribution in [2.24, 2.45) is 11.8 Å². The number of carbonyl (C=O) groups excluding carboxylic acids is 3. The molecule has 0 aliphatic heterocycles. The Morgan fingerprint density at radius 2 is 1.87 bits per heavy atom. The average molecular weight is 426 g/mol. The van der Waals surface area contributed by atoms with E-state index in [0.29, 0.717) is 18.4 Å². The lowest BCUT2D eigenvalue weighted by Crippen LogP contribution is -2.57. The van der Waals surface area contributed by atoms with Gasteiger partial charge in [0.2, 0.25) is 5.78 Å². The number of hydrogen-bond donors (Lipinski definition) is 4. The molecule has 1 aromatic rings. The topological polar surface area (TPSA) is 132 Å². The van der Waals surface area contributed by atoms with E-state index in [9.17, 15) is 34.8 Å². The first-order chi connectivity index (χ1) is 14.5. The predicted octanol–water partition coefficient (Wildman–Crippen LogP) is 2.79. The number of aryl methyl sites for hydroxylation is 2. The highest BCUT2D eigenvalue weighted by Gasteiger charge is 2.60. The molecule has 1 saturated carbocycles. The Kier molecular flexibility index (Phi) is 4.85. The molecular weight excluding hydrogens is 400 g/mol. The molecule has 3 aliphatic rings. The molecule has 7 heteroatoms. The Bertz CT molecular complexity index is 1110. The Morgan fingerprint density at radius 1 is 1.19 bits per heavy atom. The normalized spacial score (nSPS) is 27.7. The van der Waals surface area contributed by atoms with E-state index >= 15 is 0 Å². The van der Waals surface area contributed by atoms with Gasteiger partial charge in [0.15, 0.2) is 17.2 Å². The maximum absolute atomic E-state index is 13.5. The van der Waals surface area contributed by atoms with Gasteiger partial charge in [0.1, 0.15) is 22.8 Å². The van der Waals surface area contributed by atoms with Crippen LogP contribution in [0.2, 0.25) is 0 Å². The first-order valence-electron chi connectivity index (χ1n) is 10.6. The highest BCUT2D eigenvalue weighted by atomic mass is 16.3. The summed E-state index contributed by atoms with van der Waals surface area (Å²) in [6.45, 7) is 4.94. The summed E-state index contributed by atoms with van der Waals surface area (Å²) in [5.74, 6) is -5.04. The van der Waals surface area contributed by atoms with E-state index < -0.39 is 51.9 Å². The van der Waals surface area contributed by atoms with Crippen molar-refractivity contribution in [3.8, 4) is 5.75 Å². The number of aromatic hydroxyl groups is 1. The minimum atomic E-state index is -2.45. The fraction of sp³-hybridized carbons (Fsp3) is 0.458. The first-order valence-corrected chi connectivity index (χ1v) is 10.6. The van der Waals surface area contributed by atoms with Crippen molar-refractivity contribution in [2.45, 2.75) is 58.5 Å². The number of rotatable bonds is 3. The van der Waals surface area contributed by atoms with Gasteiger partial charge in [0.05, 0.1) is 5.56 Å². The van der Waals surface area contributed by atoms with Crippen molar-refractivity contribution < 1.29 is 34.8 Å². The Hall–Kier alpha value is -2.93. The number of ketones is 3. The van der Waals surface area contributed by atoms with Crippen LogP contribution < -0.4 is 0 Å². The average Bonchev–Trinajstić information content (AvgIpc) is 2.68. The van der Waals surface area contributed by atoms with Crippen molar-refractivity contribution in [2.75, 3.05) is 0 Å². The van der Waals surface area contributed by atoms with Crippen molar-refractivity contribution in [3.05, 3.63) is 45.2 Å². The lowest BCUT2D eigenvalue weighted by Gasteiger charge is -2.46. The number of hydrogen-bond acceptors (Lipinski definition) is 7. The molecule has 164 valence electrons. The summed E-state index contributed by atoms with van der Waals surface area (Å²) >= 11 is 0. The van der Waals surface area contributed by atoms with Gasteiger partial charge < -0.3 is 20.4 Å². The Labute approximate surface area is 179 Å². The first kappa shape index (κ1) is 21.3. The summed E-state index contributed by atoms with van der Waals surface area (Å²) in [6, 6.07) is 1.88. The van der Waals surface area contributed by atoms with E-state index in [-0.39, 0.29) is 29.7 Å². The monoisotopic (exact) mass is 426 g/mol. The van der Waals surface area contributed by atoms with Gasteiger partial charge in [-0.05, 0) is 55.7 Å². The molecule has 3 atom stereocenters. The highest BCUT2D eigenvalue weighted by molar-refractivity contribution is 6.23. The molecule has 31 heavy (non-hydrogen) atoms. The van der Waals surface area contributed by atoms with Crippen molar-refractivity contribution in [1.29, 1.82) is 0 Å². The van der Waals surface area contributed by atoms with Gasteiger partial charge >= 0.3 is 0 Å². The van der Waals surface area contributed by atoms with E-state index in [1.807, 2.05) is 19.9 Å².